The van der Waals surface area contributed by atoms with Gasteiger partial charge in [0, 0.05) is 23.2 Å². The van der Waals surface area contributed by atoms with Gasteiger partial charge in [0.2, 0.25) is 5.91 Å². The minimum Gasteiger partial charge on any atom is -0.273 e. The van der Waals surface area contributed by atoms with E-state index >= 15 is 0 Å². The molecule has 0 unspecified atom stereocenters. The zero-order valence-electron chi connectivity index (χ0n) is 16.7. The summed E-state index contributed by atoms with van der Waals surface area (Å²) in [7, 11) is 0. The molecule has 0 spiro atoms. The predicted molar refractivity (Wildman–Crippen MR) is 116 cm³/mol. The molecule has 0 atom stereocenters. The zero-order valence-corrected chi connectivity index (χ0v) is 16.7. The molecule has 1 fully saturated rings. The summed E-state index contributed by atoms with van der Waals surface area (Å²) in [6.45, 7) is 2.06. The highest BCUT2D eigenvalue weighted by Crippen LogP contribution is 2.24. The summed E-state index contributed by atoms with van der Waals surface area (Å²) in [4.78, 5) is 12.4. The lowest BCUT2D eigenvalue weighted by Gasteiger charge is -2.19. The van der Waals surface area contributed by atoms with E-state index in [1.54, 1.807) is 6.21 Å². The number of carbonyl (C=O) groups is 1. The molecule has 0 aliphatic heterocycles. The van der Waals surface area contributed by atoms with Gasteiger partial charge in [0.15, 0.2) is 0 Å². The van der Waals surface area contributed by atoms with Crippen molar-refractivity contribution < 1.29 is 4.79 Å². The number of hydrogen-bond acceptors (Lipinski definition) is 3. The van der Waals surface area contributed by atoms with Gasteiger partial charge in [-0.1, -0.05) is 67.3 Å². The fourth-order valence-electron chi connectivity index (χ4n) is 3.75. The molecule has 5 nitrogen and oxygen atoms in total. The van der Waals surface area contributed by atoms with Crippen molar-refractivity contribution in [3.8, 4) is 16.9 Å². The molecule has 0 bridgehead atoms. The maximum Gasteiger partial charge on any atom is 0.243 e. The first-order chi connectivity index (χ1) is 14.2. The zero-order chi connectivity index (χ0) is 20.1. The Labute approximate surface area is 171 Å². The Bertz CT molecular complexity index is 983. The lowest BCUT2D eigenvalue weighted by atomic mass is 9.89. The van der Waals surface area contributed by atoms with Crippen LogP contribution >= 0.6 is 0 Å². The second kappa shape index (κ2) is 8.86. The second-order valence-electron chi connectivity index (χ2n) is 7.65. The molecule has 1 heterocycles. The van der Waals surface area contributed by atoms with Crippen molar-refractivity contribution in [2.75, 3.05) is 0 Å². The minimum atomic E-state index is 0.0216. The third kappa shape index (κ3) is 4.62. The van der Waals surface area contributed by atoms with Crippen molar-refractivity contribution in [3.63, 3.8) is 0 Å². The molecule has 1 aromatic heterocycles. The van der Waals surface area contributed by atoms with Crippen LogP contribution in [0, 0.1) is 12.8 Å². The predicted octanol–water partition coefficient (Wildman–Crippen LogP) is 4.88. The molecule has 2 aromatic carbocycles. The van der Waals surface area contributed by atoms with Gasteiger partial charge in [-0.05, 0) is 31.9 Å². The molecule has 0 radical (unpaired) electrons. The number of benzene rings is 2. The van der Waals surface area contributed by atoms with Crippen LogP contribution < -0.4 is 5.43 Å². The highest BCUT2D eigenvalue weighted by Gasteiger charge is 2.20. The van der Waals surface area contributed by atoms with Crippen LogP contribution in [0.3, 0.4) is 0 Å². The topological polar surface area (TPSA) is 59.3 Å². The van der Waals surface area contributed by atoms with Crippen LogP contribution in [0.25, 0.3) is 16.9 Å². The minimum absolute atomic E-state index is 0.0216. The first-order valence-corrected chi connectivity index (χ1v) is 10.3. The molecule has 1 amide bonds. The Balaban J connectivity index is 1.59. The SMILES string of the molecule is Cc1ccc(-c2nn(-c3ccccc3)cc2C=NNC(=O)C2CCCCC2)cc1. The number of hydrogen-bond donors (Lipinski definition) is 1. The Morgan fingerprint density at radius 3 is 2.52 bits per heavy atom. The maximum absolute atomic E-state index is 12.4. The molecular formula is C24H26N4O. The molecule has 148 valence electrons. The molecule has 3 aromatic rings. The van der Waals surface area contributed by atoms with Gasteiger partial charge in [0.05, 0.1) is 11.9 Å². The Kier molecular flexibility index (Phi) is 5.84. The number of nitrogens with zero attached hydrogens (tertiary/aromatic N) is 3. The quantitative estimate of drug-likeness (QED) is 0.502. The normalized spacial score (nSPS) is 14.9. The van der Waals surface area contributed by atoms with E-state index in [-0.39, 0.29) is 11.8 Å². The van der Waals surface area contributed by atoms with E-state index in [9.17, 15) is 4.79 Å². The van der Waals surface area contributed by atoms with Crippen LogP contribution in [0.1, 0.15) is 43.2 Å². The summed E-state index contributed by atoms with van der Waals surface area (Å²) in [5, 5.41) is 9.03. The van der Waals surface area contributed by atoms with E-state index in [2.05, 4.69) is 41.7 Å². The van der Waals surface area contributed by atoms with Crippen LogP contribution in [0.5, 0.6) is 0 Å². The van der Waals surface area contributed by atoms with Gasteiger partial charge in [-0.2, -0.15) is 10.2 Å². The number of amides is 1. The van der Waals surface area contributed by atoms with E-state index in [1.807, 2.05) is 41.2 Å². The number of aryl methyl sites for hydroxylation is 1. The number of hydrazone groups is 1. The van der Waals surface area contributed by atoms with E-state index in [0.29, 0.717) is 0 Å². The number of para-hydroxylation sites is 1. The average molecular weight is 386 g/mol. The third-order valence-electron chi connectivity index (χ3n) is 5.44. The van der Waals surface area contributed by atoms with E-state index < -0.39 is 0 Å². The van der Waals surface area contributed by atoms with Gasteiger partial charge in [0.1, 0.15) is 5.69 Å². The molecular weight excluding hydrogens is 360 g/mol. The summed E-state index contributed by atoms with van der Waals surface area (Å²) in [5.41, 5.74) is 7.63. The molecule has 29 heavy (non-hydrogen) atoms. The first-order valence-electron chi connectivity index (χ1n) is 10.3. The molecule has 1 saturated carbocycles. The average Bonchev–Trinajstić information content (AvgIpc) is 3.19. The lowest BCUT2D eigenvalue weighted by molar-refractivity contribution is -0.125. The highest BCUT2D eigenvalue weighted by atomic mass is 16.2. The number of aromatic nitrogens is 2. The van der Waals surface area contributed by atoms with Gasteiger partial charge in [-0.15, -0.1) is 0 Å². The molecule has 1 aliphatic rings. The van der Waals surface area contributed by atoms with Gasteiger partial charge < -0.3 is 0 Å². The summed E-state index contributed by atoms with van der Waals surface area (Å²) in [5.74, 6) is 0.109. The van der Waals surface area contributed by atoms with E-state index in [4.69, 9.17) is 5.10 Å². The van der Waals surface area contributed by atoms with Crippen molar-refractivity contribution in [2.45, 2.75) is 39.0 Å². The highest BCUT2D eigenvalue weighted by molar-refractivity contribution is 5.90. The summed E-state index contributed by atoms with van der Waals surface area (Å²) in [6.07, 6.45) is 9.05. The fourth-order valence-corrected chi connectivity index (χ4v) is 3.75. The van der Waals surface area contributed by atoms with Gasteiger partial charge in [0.25, 0.3) is 0 Å². The summed E-state index contributed by atoms with van der Waals surface area (Å²) in [6, 6.07) is 18.2. The second-order valence-corrected chi connectivity index (χ2v) is 7.65. The first kappa shape index (κ1) is 19.1. The van der Waals surface area contributed by atoms with Gasteiger partial charge in [-0.3, -0.25) is 4.79 Å². The third-order valence-corrected chi connectivity index (χ3v) is 5.44. The van der Waals surface area contributed by atoms with Crippen LogP contribution in [0.2, 0.25) is 0 Å². The number of rotatable bonds is 5. The van der Waals surface area contributed by atoms with Gasteiger partial charge >= 0.3 is 0 Å². The summed E-state index contributed by atoms with van der Waals surface area (Å²) < 4.78 is 1.85. The Hall–Kier alpha value is -3.21. The van der Waals surface area contributed by atoms with Crippen LogP contribution in [-0.2, 0) is 4.79 Å². The smallest absolute Gasteiger partial charge is 0.243 e. The number of nitrogens with one attached hydrogen (secondary N) is 1. The molecule has 1 aliphatic carbocycles. The Morgan fingerprint density at radius 2 is 1.79 bits per heavy atom. The molecule has 5 heteroatoms. The summed E-state index contributed by atoms with van der Waals surface area (Å²) >= 11 is 0. The standard InChI is InChI=1S/C24H26N4O/c1-18-12-14-19(15-13-18)23-21(17-28(27-23)22-10-6-3-7-11-22)16-25-26-24(29)20-8-4-2-5-9-20/h3,6-7,10-17,20H,2,4-5,8-9H2,1H3,(H,26,29). The van der Waals surface area contributed by atoms with Crippen molar-refractivity contribution in [1.82, 2.24) is 15.2 Å². The van der Waals surface area contributed by atoms with Crippen molar-refractivity contribution in [2.24, 2.45) is 11.0 Å². The van der Waals surface area contributed by atoms with Crippen LogP contribution in [0.15, 0.2) is 65.9 Å². The van der Waals surface area contributed by atoms with E-state index in [1.165, 1.54) is 12.0 Å². The van der Waals surface area contributed by atoms with Crippen molar-refractivity contribution in [3.05, 3.63) is 71.9 Å². The molecule has 4 rings (SSSR count). The number of carbonyl (C=O) groups excluding carboxylic acids is 1. The fraction of sp³-hybridized carbons (Fsp3) is 0.292. The Morgan fingerprint density at radius 1 is 1.07 bits per heavy atom. The van der Waals surface area contributed by atoms with E-state index in [0.717, 1.165) is 48.2 Å². The molecule has 1 N–H and O–H groups in total. The maximum atomic E-state index is 12.4. The van der Waals surface area contributed by atoms with Gasteiger partial charge in [-0.25, -0.2) is 10.1 Å². The van der Waals surface area contributed by atoms with Crippen molar-refractivity contribution in [1.29, 1.82) is 0 Å². The lowest BCUT2D eigenvalue weighted by Crippen LogP contribution is -2.28. The van der Waals surface area contributed by atoms with Crippen LogP contribution in [0.4, 0.5) is 0 Å². The van der Waals surface area contributed by atoms with Crippen LogP contribution in [-0.4, -0.2) is 21.9 Å². The largest absolute Gasteiger partial charge is 0.273 e. The molecule has 0 saturated heterocycles. The monoisotopic (exact) mass is 386 g/mol. The van der Waals surface area contributed by atoms with Crippen molar-refractivity contribution >= 4 is 12.1 Å².